The van der Waals surface area contributed by atoms with Crippen molar-refractivity contribution in [3.05, 3.63) is 21.8 Å². The predicted octanol–water partition coefficient (Wildman–Crippen LogP) is 3.79. The Morgan fingerprint density at radius 2 is 2.27 bits per heavy atom. The molecule has 11 heavy (non-hydrogen) atoms. The quantitative estimate of drug-likeness (QED) is 0.534. The van der Waals surface area contributed by atoms with Crippen molar-refractivity contribution in [1.82, 2.24) is 0 Å². The first-order valence-corrected chi connectivity index (χ1v) is 6.73. The van der Waals surface area contributed by atoms with Gasteiger partial charge in [-0.1, -0.05) is 52.6 Å². The molecular weight excluding hydrogens is 247 g/mol. The molecular formula is C10H15I. The fraction of sp³-hybridized carbons (Fsp3) is 0.500. The molecule has 0 bridgehead atoms. The van der Waals surface area contributed by atoms with Gasteiger partial charge < -0.3 is 0 Å². The molecule has 0 aromatic rings. The second kappa shape index (κ2) is 5.70. The molecule has 0 aromatic heterocycles. The molecule has 0 nitrogen and oxygen atoms in total. The van der Waals surface area contributed by atoms with E-state index in [1.807, 2.05) is 0 Å². The molecule has 1 heteroatoms. The van der Waals surface area contributed by atoms with Crippen molar-refractivity contribution >= 4 is 24.7 Å². The normalized spacial score (nSPS) is 15.9. The Bertz CT molecular complexity index is 187. The first-order chi connectivity index (χ1) is 5.43. The summed E-state index contributed by atoms with van der Waals surface area (Å²) in [4.78, 5) is 0. The summed E-state index contributed by atoms with van der Waals surface area (Å²) in [6, 6.07) is 0. The highest BCUT2D eigenvalue weighted by Gasteiger charge is 1.93. The van der Waals surface area contributed by atoms with Gasteiger partial charge in [0.05, 0.1) is 0 Å². The van der Waals surface area contributed by atoms with Crippen molar-refractivity contribution in [3.8, 4) is 0 Å². The first-order valence-electron chi connectivity index (χ1n) is 4.24. The molecule has 0 fully saturated rings. The molecule has 0 amide bonds. The highest BCUT2D eigenvalue weighted by Crippen LogP contribution is 2.15. The molecule has 0 radical (unpaired) electrons. The van der Waals surface area contributed by atoms with Crippen LogP contribution in [-0.2, 0) is 0 Å². The number of hydrogen-bond donors (Lipinski definition) is 0. The molecule has 0 saturated carbocycles. The van der Waals surface area contributed by atoms with E-state index in [0.29, 0.717) is 0 Å². The smallest absolute Gasteiger partial charge is 0.0279 e. The third kappa shape index (κ3) is 3.85. The molecule has 0 unspecified atom stereocenters. The van der Waals surface area contributed by atoms with Gasteiger partial charge in [-0.15, -0.1) is 0 Å². The van der Waals surface area contributed by atoms with Crippen LogP contribution in [-0.4, -0.2) is 4.01 Å². The van der Waals surface area contributed by atoms with Crippen molar-refractivity contribution in [2.24, 2.45) is 0 Å². The van der Waals surface area contributed by atoms with Crippen LogP contribution in [0, 0.1) is 0 Å². The summed E-state index contributed by atoms with van der Waals surface area (Å²) < 4.78 is 4.69. The fourth-order valence-corrected chi connectivity index (χ4v) is 2.66. The van der Waals surface area contributed by atoms with E-state index in [1.165, 1.54) is 31.3 Å². The Morgan fingerprint density at radius 3 is 2.91 bits per heavy atom. The zero-order chi connectivity index (χ0) is 7.94. The third-order valence-electron chi connectivity index (χ3n) is 1.77. The zero-order valence-electron chi connectivity index (χ0n) is 7.02. The Hall–Kier alpha value is 0.0800. The maximum Gasteiger partial charge on any atom is -0.0279 e. The Kier molecular flexibility index (Phi) is 4.75. The maximum atomic E-state index is 2.35. The molecule has 62 valence electrons. The van der Waals surface area contributed by atoms with Gasteiger partial charge in [0.2, 0.25) is 0 Å². The SMILES string of the molecule is CCCCCC1=CC=IC=C1. The molecule has 0 N–H and O–H groups in total. The highest BCUT2D eigenvalue weighted by molar-refractivity contribution is 14.2. The molecule has 0 spiro atoms. The van der Waals surface area contributed by atoms with Crippen LogP contribution >= 0.6 is 20.7 Å². The van der Waals surface area contributed by atoms with Crippen LogP contribution in [0.4, 0.5) is 0 Å². The second-order valence-corrected chi connectivity index (χ2v) is 4.90. The lowest BCUT2D eigenvalue weighted by molar-refractivity contribution is 0.720. The van der Waals surface area contributed by atoms with Crippen molar-refractivity contribution in [2.75, 3.05) is 0 Å². The lowest BCUT2D eigenvalue weighted by Crippen LogP contribution is -1.82. The molecule has 0 atom stereocenters. The summed E-state index contributed by atoms with van der Waals surface area (Å²) in [5, 5.41) is 0. The summed E-state index contributed by atoms with van der Waals surface area (Å²) in [6.07, 6.45) is 9.96. The summed E-state index contributed by atoms with van der Waals surface area (Å²) >= 11 is 0.286. The van der Waals surface area contributed by atoms with E-state index >= 15 is 0 Å². The van der Waals surface area contributed by atoms with Crippen LogP contribution in [0.25, 0.3) is 0 Å². The molecule has 1 rings (SSSR count). The van der Waals surface area contributed by atoms with Gasteiger partial charge in [0, 0.05) is 0 Å². The fourth-order valence-electron chi connectivity index (χ4n) is 1.08. The summed E-state index contributed by atoms with van der Waals surface area (Å²) in [7, 11) is 0. The minimum Gasteiger partial charge on any atom is -0.0937 e. The Labute approximate surface area is 79.1 Å². The van der Waals surface area contributed by atoms with Crippen LogP contribution in [0.5, 0.6) is 0 Å². The molecule has 1 aliphatic rings. The molecule has 0 saturated heterocycles. The van der Waals surface area contributed by atoms with Gasteiger partial charge in [0.25, 0.3) is 0 Å². The van der Waals surface area contributed by atoms with Crippen molar-refractivity contribution in [2.45, 2.75) is 32.6 Å². The van der Waals surface area contributed by atoms with E-state index in [0.717, 1.165) is 0 Å². The van der Waals surface area contributed by atoms with E-state index in [2.05, 4.69) is 27.2 Å². The predicted molar refractivity (Wildman–Crippen MR) is 61.4 cm³/mol. The van der Waals surface area contributed by atoms with Crippen molar-refractivity contribution in [3.63, 3.8) is 0 Å². The van der Waals surface area contributed by atoms with E-state index in [4.69, 9.17) is 0 Å². The van der Waals surface area contributed by atoms with Gasteiger partial charge in [-0.3, -0.25) is 0 Å². The summed E-state index contributed by atoms with van der Waals surface area (Å²) in [6.45, 7) is 2.25. The van der Waals surface area contributed by atoms with E-state index in [9.17, 15) is 0 Å². The lowest BCUT2D eigenvalue weighted by Gasteiger charge is -2.01. The highest BCUT2D eigenvalue weighted by atomic mass is 127. The topological polar surface area (TPSA) is 0 Å². The standard InChI is InChI=1S/C10H15I/c1-2-3-4-5-10-6-8-11-9-7-10/h6-9H,2-5H2,1H3. The van der Waals surface area contributed by atoms with Gasteiger partial charge in [0.1, 0.15) is 0 Å². The van der Waals surface area contributed by atoms with Crippen LogP contribution in [0.15, 0.2) is 21.8 Å². The van der Waals surface area contributed by atoms with Gasteiger partial charge in [-0.2, -0.15) is 0 Å². The Balaban J connectivity index is 2.21. The third-order valence-corrected chi connectivity index (χ3v) is 3.32. The number of unbranched alkanes of at least 4 members (excludes halogenated alkanes) is 2. The molecule has 1 heterocycles. The van der Waals surface area contributed by atoms with Crippen LogP contribution in [0.2, 0.25) is 0 Å². The number of rotatable bonds is 4. The van der Waals surface area contributed by atoms with E-state index < -0.39 is 0 Å². The average Bonchev–Trinajstić information content (AvgIpc) is 2.07. The molecule has 0 aliphatic carbocycles. The summed E-state index contributed by atoms with van der Waals surface area (Å²) in [5.41, 5.74) is 1.53. The number of allylic oxidation sites excluding steroid dienone is 3. The first kappa shape index (κ1) is 9.17. The monoisotopic (exact) mass is 262 g/mol. The van der Waals surface area contributed by atoms with Crippen LogP contribution in [0.1, 0.15) is 32.6 Å². The van der Waals surface area contributed by atoms with Crippen molar-refractivity contribution in [1.29, 1.82) is 0 Å². The van der Waals surface area contributed by atoms with E-state index in [1.54, 1.807) is 0 Å². The van der Waals surface area contributed by atoms with Crippen molar-refractivity contribution < 1.29 is 0 Å². The molecule has 1 aliphatic heterocycles. The number of hydrogen-bond acceptors (Lipinski definition) is 0. The van der Waals surface area contributed by atoms with Crippen LogP contribution < -0.4 is 0 Å². The average molecular weight is 262 g/mol. The minimum absolute atomic E-state index is 0.286. The maximum absolute atomic E-state index is 2.35. The largest absolute Gasteiger partial charge is 0.0937 e. The van der Waals surface area contributed by atoms with E-state index in [-0.39, 0.29) is 20.7 Å². The number of halogens is 1. The zero-order valence-corrected chi connectivity index (χ0v) is 9.17. The Morgan fingerprint density at radius 1 is 1.36 bits per heavy atom. The second-order valence-electron chi connectivity index (χ2n) is 2.74. The van der Waals surface area contributed by atoms with Gasteiger partial charge in [-0.25, -0.2) is 0 Å². The van der Waals surface area contributed by atoms with Crippen LogP contribution in [0.3, 0.4) is 0 Å². The van der Waals surface area contributed by atoms with Gasteiger partial charge in [0.15, 0.2) is 0 Å². The van der Waals surface area contributed by atoms with Gasteiger partial charge >= 0.3 is 0 Å². The minimum atomic E-state index is 0.286. The lowest BCUT2D eigenvalue weighted by atomic mass is 10.1. The summed E-state index contributed by atoms with van der Waals surface area (Å²) in [5.74, 6) is 0. The molecule has 0 aromatic carbocycles. The van der Waals surface area contributed by atoms with Gasteiger partial charge in [-0.05, 0) is 26.5 Å².